The van der Waals surface area contributed by atoms with Crippen LogP contribution in [0.4, 0.5) is 0 Å². The van der Waals surface area contributed by atoms with Gasteiger partial charge in [0.25, 0.3) is 5.91 Å². The fourth-order valence-corrected chi connectivity index (χ4v) is 3.12. The second kappa shape index (κ2) is 11.3. The van der Waals surface area contributed by atoms with E-state index in [1.807, 2.05) is 13.8 Å². The molecule has 12 nitrogen and oxygen atoms in total. The number of methoxy groups -OCH3 is 1. The largest absolute Gasteiger partial charge is 0.394 e. The third kappa shape index (κ3) is 7.34. The first-order chi connectivity index (χ1) is 15.5. The standard InChI is InChI=1S/C21H32N4O8/c1-11(2)6-13(17(27)21(4)10-32-21)22-19(29)15(8-26)23-20(30)16(9-31-5)24-18(28)14-7-12(3)33-25-14/h7,11,13,15-16,26H,6,8-10H2,1-5H3,(H,22,29)(H,23,30)(H,24,28)/t13-,15-,16-,21+/m0/s1. The van der Waals surface area contributed by atoms with E-state index in [0.717, 1.165) is 0 Å². The summed E-state index contributed by atoms with van der Waals surface area (Å²) in [5, 5.41) is 20.7. The van der Waals surface area contributed by atoms with Crippen molar-refractivity contribution < 1.29 is 38.3 Å². The third-order valence-corrected chi connectivity index (χ3v) is 5.07. The van der Waals surface area contributed by atoms with Crippen LogP contribution in [0.5, 0.6) is 0 Å². The summed E-state index contributed by atoms with van der Waals surface area (Å²) in [5.74, 6) is -1.91. The number of hydrogen-bond donors (Lipinski definition) is 4. The Morgan fingerprint density at radius 2 is 1.76 bits per heavy atom. The van der Waals surface area contributed by atoms with Crippen LogP contribution in [0.3, 0.4) is 0 Å². The number of ketones is 1. The highest BCUT2D eigenvalue weighted by Crippen LogP contribution is 2.29. The number of amides is 3. The van der Waals surface area contributed by atoms with Crippen LogP contribution in [0.1, 0.15) is 43.4 Å². The van der Waals surface area contributed by atoms with Crippen LogP contribution in [-0.4, -0.2) is 84.4 Å². The molecule has 1 aliphatic heterocycles. The smallest absolute Gasteiger partial charge is 0.274 e. The molecule has 12 heteroatoms. The van der Waals surface area contributed by atoms with Crippen molar-refractivity contribution in [3.05, 3.63) is 17.5 Å². The summed E-state index contributed by atoms with van der Waals surface area (Å²) in [4.78, 5) is 50.5. The fraction of sp³-hybridized carbons (Fsp3) is 0.667. The van der Waals surface area contributed by atoms with Gasteiger partial charge in [0.15, 0.2) is 11.5 Å². The summed E-state index contributed by atoms with van der Waals surface area (Å²) >= 11 is 0. The number of rotatable bonds is 13. The van der Waals surface area contributed by atoms with Gasteiger partial charge in [0, 0.05) is 13.2 Å². The Kier molecular flexibility index (Phi) is 9.08. The monoisotopic (exact) mass is 468 g/mol. The molecule has 2 heterocycles. The zero-order valence-corrected chi connectivity index (χ0v) is 19.5. The zero-order chi connectivity index (χ0) is 24.8. The molecule has 1 saturated heterocycles. The molecule has 1 aliphatic rings. The lowest BCUT2D eigenvalue weighted by molar-refractivity contribution is -0.134. The lowest BCUT2D eigenvalue weighted by atomic mass is 9.93. The van der Waals surface area contributed by atoms with E-state index in [4.69, 9.17) is 14.0 Å². The van der Waals surface area contributed by atoms with Gasteiger partial charge >= 0.3 is 0 Å². The molecule has 184 valence electrons. The second-order valence-electron chi connectivity index (χ2n) is 8.62. The van der Waals surface area contributed by atoms with E-state index in [1.54, 1.807) is 13.8 Å². The van der Waals surface area contributed by atoms with Crippen molar-refractivity contribution in [3.8, 4) is 0 Å². The van der Waals surface area contributed by atoms with Crippen molar-refractivity contribution in [2.24, 2.45) is 5.92 Å². The van der Waals surface area contributed by atoms with Gasteiger partial charge in [0.1, 0.15) is 23.4 Å². The average molecular weight is 469 g/mol. The molecule has 2 rings (SSSR count). The molecule has 0 aliphatic carbocycles. The molecule has 0 unspecified atom stereocenters. The number of carbonyl (C=O) groups is 4. The maximum absolute atomic E-state index is 12.8. The van der Waals surface area contributed by atoms with E-state index < -0.39 is 48.1 Å². The van der Waals surface area contributed by atoms with Crippen LogP contribution in [0.15, 0.2) is 10.6 Å². The molecule has 0 bridgehead atoms. The highest BCUT2D eigenvalue weighted by Gasteiger charge is 2.50. The molecule has 0 spiro atoms. The molecule has 0 saturated carbocycles. The minimum absolute atomic E-state index is 0.0244. The second-order valence-corrected chi connectivity index (χ2v) is 8.62. The summed E-state index contributed by atoms with van der Waals surface area (Å²) < 4.78 is 15.0. The molecule has 1 aromatic rings. The summed E-state index contributed by atoms with van der Waals surface area (Å²) in [6, 6.07) is -1.95. The van der Waals surface area contributed by atoms with E-state index in [0.29, 0.717) is 12.2 Å². The summed E-state index contributed by atoms with van der Waals surface area (Å²) in [6.07, 6.45) is 0.370. The van der Waals surface area contributed by atoms with Crippen LogP contribution >= 0.6 is 0 Å². The van der Waals surface area contributed by atoms with Crippen molar-refractivity contribution in [1.82, 2.24) is 21.1 Å². The Hall–Kier alpha value is -2.83. The van der Waals surface area contributed by atoms with Crippen LogP contribution in [0.25, 0.3) is 0 Å². The Bertz CT molecular complexity index is 864. The Balaban J connectivity index is 2.04. The Morgan fingerprint density at radius 3 is 2.24 bits per heavy atom. The lowest BCUT2D eigenvalue weighted by Gasteiger charge is -2.25. The van der Waals surface area contributed by atoms with Gasteiger partial charge in [-0.3, -0.25) is 19.2 Å². The number of nitrogens with one attached hydrogen (secondary N) is 3. The Labute approximate surface area is 191 Å². The molecule has 33 heavy (non-hydrogen) atoms. The van der Waals surface area contributed by atoms with Crippen molar-refractivity contribution in [2.45, 2.75) is 57.8 Å². The van der Waals surface area contributed by atoms with Crippen molar-refractivity contribution in [1.29, 1.82) is 0 Å². The number of hydrogen-bond acceptors (Lipinski definition) is 9. The molecule has 0 radical (unpaired) electrons. The van der Waals surface area contributed by atoms with Gasteiger partial charge < -0.3 is 35.1 Å². The van der Waals surface area contributed by atoms with Gasteiger partial charge in [-0.25, -0.2) is 0 Å². The van der Waals surface area contributed by atoms with E-state index in [-0.39, 0.29) is 30.6 Å². The number of aliphatic hydroxyl groups is 1. The summed E-state index contributed by atoms with van der Waals surface area (Å²) in [6.45, 7) is 6.43. The van der Waals surface area contributed by atoms with Crippen LogP contribution in [0.2, 0.25) is 0 Å². The first-order valence-electron chi connectivity index (χ1n) is 10.6. The first kappa shape index (κ1) is 26.4. The highest BCUT2D eigenvalue weighted by molar-refractivity contribution is 5.99. The fourth-order valence-electron chi connectivity index (χ4n) is 3.12. The van der Waals surface area contributed by atoms with Gasteiger partial charge in [-0.15, -0.1) is 0 Å². The maximum atomic E-state index is 12.8. The number of nitrogens with zero attached hydrogens (tertiary/aromatic N) is 1. The van der Waals surface area contributed by atoms with E-state index in [9.17, 15) is 24.3 Å². The topological polar surface area (TPSA) is 172 Å². The number of carbonyl (C=O) groups excluding carboxylic acids is 4. The molecule has 1 fully saturated rings. The molecular formula is C21H32N4O8. The number of aryl methyl sites for hydroxylation is 1. The maximum Gasteiger partial charge on any atom is 0.274 e. The van der Waals surface area contributed by atoms with E-state index in [1.165, 1.54) is 13.2 Å². The minimum Gasteiger partial charge on any atom is -0.394 e. The van der Waals surface area contributed by atoms with Gasteiger partial charge in [0.2, 0.25) is 11.8 Å². The van der Waals surface area contributed by atoms with E-state index in [2.05, 4.69) is 21.1 Å². The van der Waals surface area contributed by atoms with Gasteiger partial charge in [-0.1, -0.05) is 19.0 Å². The molecular weight excluding hydrogens is 436 g/mol. The van der Waals surface area contributed by atoms with Crippen molar-refractivity contribution in [2.75, 3.05) is 26.9 Å². The van der Waals surface area contributed by atoms with Gasteiger partial charge in [-0.2, -0.15) is 0 Å². The number of ether oxygens (including phenoxy) is 2. The zero-order valence-electron chi connectivity index (χ0n) is 19.5. The molecule has 0 aromatic carbocycles. The lowest BCUT2D eigenvalue weighted by Crippen LogP contribution is -2.58. The van der Waals surface area contributed by atoms with Gasteiger partial charge in [0.05, 0.1) is 25.9 Å². The predicted molar refractivity (Wildman–Crippen MR) is 114 cm³/mol. The van der Waals surface area contributed by atoms with Crippen molar-refractivity contribution in [3.63, 3.8) is 0 Å². The summed E-state index contributed by atoms with van der Waals surface area (Å²) in [7, 11) is 1.34. The van der Waals surface area contributed by atoms with Crippen molar-refractivity contribution >= 4 is 23.5 Å². The average Bonchev–Trinajstić information content (AvgIpc) is 3.35. The normalized spacial score (nSPS) is 20.0. The van der Waals surface area contributed by atoms with Crippen LogP contribution < -0.4 is 16.0 Å². The van der Waals surface area contributed by atoms with E-state index >= 15 is 0 Å². The molecule has 1 aromatic heterocycles. The highest BCUT2D eigenvalue weighted by atomic mass is 16.6. The minimum atomic E-state index is -1.35. The third-order valence-electron chi connectivity index (χ3n) is 5.07. The molecule has 3 amide bonds. The predicted octanol–water partition coefficient (Wildman–Crippen LogP) is -0.906. The Morgan fingerprint density at radius 1 is 1.15 bits per heavy atom. The number of aromatic nitrogens is 1. The molecule has 4 N–H and O–H groups in total. The summed E-state index contributed by atoms with van der Waals surface area (Å²) in [5.41, 5.74) is -0.957. The number of Topliss-reactive ketones (excluding diaryl/α,β-unsaturated/α-hetero) is 1. The molecule has 4 atom stereocenters. The van der Waals surface area contributed by atoms with Crippen LogP contribution in [-0.2, 0) is 23.9 Å². The first-order valence-corrected chi connectivity index (χ1v) is 10.6. The number of epoxide rings is 1. The van der Waals surface area contributed by atoms with Crippen LogP contribution in [0, 0.1) is 12.8 Å². The SMILES string of the molecule is COC[C@H](NC(=O)c1cc(C)on1)C(=O)N[C@@H](CO)C(=O)N[C@@H](CC(C)C)C(=O)[C@@]1(C)CO1. The quantitative estimate of drug-likeness (QED) is 0.267. The van der Waals surface area contributed by atoms with Gasteiger partial charge in [-0.05, 0) is 26.2 Å². The number of aliphatic hydroxyl groups excluding tert-OH is 1.